The van der Waals surface area contributed by atoms with Crippen LogP contribution in [0.3, 0.4) is 0 Å². The summed E-state index contributed by atoms with van der Waals surface area (Å²) in [5.74, 6) is 0.608. The standard InChI is InChI=1S/C18H28N4O3/c1-2-4-18(14-23)5-3-6-22(13-18)16(24)15-11-19-17(20-12-15)21-7-9-25-10-8-21/h11-12,23H,2-10,13-14H2,1H3. The second-order valence-electron chi connectivity index (χ2n) is 7.11. The van der Waals surface area contributed by atoms with Gasteiger partial charge in [-0.25, -0.2) is 9.97 Å². The normalized spacial score (nSPS) is 24.4. The van der Waals surface area contributed by atoms with Crippen LogP contribution in [-0.2, 0) is 4.74 Å². The summed E-state index contributed by atoms with van der Waals surface area (Å²) in [6.45, 7) is 6.51. The lowest BCUT2D eigenvalue weighted by molar-refractivity contribution is 0.0222. The summed E-state index contributed by atoms with van der Waals surface area (Å²) >= 11 is 0. The molecule has 0 radical (unpaired) electrons. The molecule has 0 saturated carbocycles. The summed E-state index contributed by atoms with van der Waals surface area (Å²) in [6, 6.07) is 0. The number of piperidine rings is 1. The van der Waals surface area contributed by atoms with Crippen molar-refractivity contribution in [2.45, 2.75) is 32.6 Å². The number of ether oxygens (including phenoxy) is 1. The van der Waals surface area contributed by atoms with Crippen LogP contribution >= 0.6 is 0 Å². The first-order valence-corrected chi connectivity index (χ1v) is 9.22. The number of likely N-dealkylation sites (tertiary alicyclic amines) is 1. The Morgan fingerprint density at radius 2 is 2.00 bits per heavy atom. The third kappa shape index (κ3) is 4.10. The van der Waals surface area contributed by atoms with Crippen molar-refractivity contribution in [2.75, 3.05) is 50.9 Å². The van der Waals surface area contributed by atoms with E-state index in [0.717, 1.165) is 45.3 Å². The maximum absolute atomic E-state index is 12.8. The quantitative estimate of drug-likeness (QED) is 0.865. The van der Waals surface area contributed by atoms with Crippen LogP contribution in [0.1, 0.15) is 43.0 Å². The van der Waals surface area contributed by atoms with Crippen molar-refractivity contribution >= 4 is 11.9 Å². The van der Waals surface area contributed by atoms with E-state index in [9.17, 15) is 9.90 Å². The lowest BCUT2D eigenvalue weighted by Gasteiger charge is -2.41. The van der Waals surface area contributed by atoms with Gasteiger partial charge in [0.2, 0.25) is 5.95 Å². The van der Waals surface area contributed by atoms with E-state index >= 15 is 0 Å². The highest BCUT2D eigenvalue weighted by atomic mass is 16.5. The maximum atomic E-state index is 12.8. The summed E-state index contributed by atoms with van der Waals surface area (Å²) in [4.78, 5) is 25.5. The van der Waals surface area contributed by atoms with Crippen molar-refractivity contribution in [3.05, 3.63) is 18.0 Å². The van der Waals surface area contributed by atoms with Gasteiger partial charge in [-0.15, -0.1) is 0 Å². The number of aliphatic hydroxyl groups is 1. The van der Waals surface area contributed by atoms with E-state index in [0.29, 0.717) is 31.3 Å². The highest BCUT2D eigenvalue weighted by molar-refractivity contribution is 5.93. The Bertz CT molecular complexity index is 570. The van der Waals surface area contributed by atoms with Gasteiger partial charge in [0.25, 0.3) is 5.91 Å². The van der Waals surface area contributed by atoms with E-state index < -0.39 is 0 Å². The van der Waals surface area contributed by atoms with Crippen molar-refractivity contribution < 1.29 is 14.6 Å². The van der Waals surface area contributed by atoms with Gasteiger partial charge in [-0.05, 0) is 19.3 Å². The Morgan fingerprint density at radius 3 is 2.64 bits per heavy atom. The van der Waals surface area contributed by atoms with Gasteiger partial charge in [0.05, 0.1) is 25.4 Å². The Morgan fingerprint density at radius 1 is 1.28 bits per heavy atom. The van der Waals surface area contributed by atoms with E-state index in [1.807, 2.05) is 4.90 Å². The molecule has 1 unspecified atom stereocenters. The fourth-order valence-electron chi connectivity index (χ4n) is 3.86. The highest BCUT2D eigenvalue weighted by Crippen LogP contribution is 2.34. The zero-order valence-corrected chi connectivity index (χ0v) is 15.0. The Labute approximate surface area is 149 Å². The average molecular weight is 348 g/mol. The molecule has 1 amide bonds. The second-order valence-corrected chi connectivity index (χ2v) is 7.11. The number of amides is 1. The van der Waals surface area contributed by atoms with Crippen LogP contribution in [0.4, 0.5) is 5.95 Å². The number of nitrogens with zero attached hydrogens (tertiary/aromatic N) is 4. The van der Waals surface area contributed by atoms with E-state index in [2.05, 4.69) is 21.8 Å². The average Bonchev–Trinajstić information content (AvgIpc) is 2.68. The van der Waals surface area contributed by atoms with Gasteiger partial charge < -0.3 is 19.6 Å². The fraction of sp³-hybridized carbons (Fsp3) is 0.722. The number of morpholine rings is 1. The highest BCUT2D eigenvalue weighted by Gasteiger charge is 2.36. The predicted molar refractivity (Wildman–Crippen MR) is 94.6 cm³/mol. The molecule has 3 rings (SSSR count). The molecule has 1 aromatic rings. The van der Waals surface area contributed by atoms with E-state index in [4.69, 9.17) is 4.74 Å². The monoisotopic (exact) mass is 348 g/mol. The molecule has 3 heterocycles. The molecule has 7 nitrogen and oxygen atoms in total. The first kappa shape index (κ1) is 18.1. The third-order valence-corrected chi connectivity index (χ3v) is 5.24. The predicted octanol–water partition coefficient (Wildman–Crippen LogP) is 1.33. The summed E-state index contributed by atoms with van der Waals surface area (Å²) in [7, 11) is 0. The number of aromatic nitrogens is 2. The van der Waals surface area contributed by atoms with Gasteiger partial charge in [-0.3, -0.25) is 4.79 Å². The van der Waals surface area contributed by atoms with Gasteiger partial charge in [-0.2, -0.15) is 0 Å². The van der Waals surface area contributed by atoms with Crippen molar-refractivity contribution in [3.63, 3.8) is 0 Å². The van der Waals surface area contributed by atoms with Crippen LogP contribution in [0.15, 0.2) is 12.4 Å². The molecule has 0 aliphatic carbocycles. The first-order chi connectivity index (χ1) is 12.2. The molecule has 1 N–H and O–H groups in total. The Balaban J connectivity index is 1.67. The molecule has 0 bridgehead atoms. The van der Waals surface area contributed by atoms with Crippen LogP contribution in [0, 0.1) is 5.41 Å². The summed E-state index contributed by atoms with van der Waals surface area (Å²) in [5.41, 5.74) is 0.360. The zero-order chi connectivity index (χ0) is 17.7. The van der Waals surface area contributed by atoms with Crippen LogP contribution in [-0.4, -0.2) is 71.9 Å². The topological polar surface area (TPSA) is 78.8 Å². The minimum absolute atomic E-state index is 0.0397. The van der Waals surface area contributed by atoms with Gasteiger partial charge in [0, 0.05) is 44.0 Å². The zero-order valence-electron chi connectivity index (χ0n) is 15.0. The molecular formula is C18H28N4O3. The van der Waals surface area contributed by atoms with E-state index in [1.165, 1.54) is 0 Å². The van der Waals surface area contributed by atoms with Gasteiger partial charge in [-0.1, -0.05) is 13.3 Å². The van der Waals surface area contributed by atoms with Crippen LogP contribution in [0.5, 0.6) is 0 Å². The van der Waals surface area contributed by atoms with Gasteiger partial charge in [0.15, 0.2) is 0 Å². The van der Waals surface area contributed by atoms with Crippen LogP contribution in [0.25, 0.3) is 0 Å². The summed E-state index contributed by atoms with van der Waals surface area (Å²) in [5, 5.41) is 9.85. The number of hydrogen-bond acceptors (Lipinski definition) is 6. The number of rotatable bonds is 5. The minimum Gasteiger partial charge on any atom is -0.396 e. The molecule has 1 aromatic heterocycles. The molecule has 25 heavy (non-hydrogen) atoms. The molecule has 2 saturated heterocycles. The van der Waals surface area contributed by atoms with Crippen molar-refractivity contribution in [1.82, 2.24) is 14.9 Å². The molecule has 2 fully saturated rings. The molecule has 0 aromatic carbocycles. The molecule has 2 aliphatic rings. The Hall–Kier alpha value is -1.73. The lowest BCUT2D eigenvalue weighted by atomic mass is 9.77. The minimum atomic E-state index is -0.155. The molecule has 2 aliphatic heterocycles. The third-order valence-electron chi connectivity index (χ3n) is 5.24. The van der Waals surface area contributed by atoms with Crippen molar-refractivity contribution in [2.24, 2.45) is 5.41 Å². The van der Waals surface area contributed by atoms with Crippen molar-refractivity contribution in [3.8, 4) is 0 Å². The van der Waals surface area contributed by atoms with E-state index in [-0.39, 0.29) is 17.9 Å². The smallest absolute Gasteiger partial charge is 0.257 e. The number of carbonyl (C=O) groups is 1. The summed E-state index contributed by atoms with van der Waals surface area (Å²) < 4.78 is 5.33. The molecule has 138 valence electrons. The van der Waals surface area contributed by atoms with Gasteiger partial charge in [0.1, 0.15) is 0 Å². The lowest BCUT2D eigenvalue weighted by Crippen LogP contribution is -2.48. The molecule has 0 spiro atoms. The SMILES string of the molecule is CCCC1(CO)CCCN(C(=O)c2cnc(N3CCOCC3)nc2)C1. The van der Waals surface area contributed by atoms with E-state index in [1.54, 1.807) is 12.4 Å². The maximum Gasteiger partial charge on any atom is 0.257 e. The number of anilines is 1. The molecular weight excluding hydrogens is 320 g/mol. The Kier molecular flexibility index (Phi) is 5.86. The van der Waals surface area contributed by atoms with Crippen molar-refractivity contribution in [1.29, 1.82) is 0 Å². The first-order valence-electron chi connectivity index (χ1n) is 9.22. The number of carbonyl (C=O) groups excluding carboxylic acids is 1. The molecule has 1 atom stereocenters. The van der Waals surface area contributed by atoms with Crippen LogP contribution in [0.2, 0.25) is 0 Å². The number of hydrogen-bond donors (Lipinski definition) is 1. The fourth-order valence-corrected chi connectivity index (χ4v) is 3.86. The molecule has 7 heteroatoms. The van der Waals surface area contributed by atoms with Crippen LogP contribution < -0.4 is 4.90 Å². The number of aliphatic hydroxyl groups excluding tert-OH is 1. The van der Waals surface area contributed by atoms with Gasteiger partial charge >= 0.3 is 0 Å². The largest absolute Gasteiger partial charge is 0.396 e. The summed E-state index contributed by atoms with van der Waals surface area (Å²) in [6.07, 6.45) is 7.11. The second kappa shape index (κ2) is 8.10.